The Morgan fingerprint density at radius 2 is 1.45 bits per heavy atom. The first-order chi connectivity index (χ1) is 14.7. The van der Waals surface area contributed by atoms with Gasteiger partial charge in [-0.2, -0.15) is 13.2 Å². The van der Waals surface area contributed by atoms with E-state index in [9.17, 15) is 13.2 Å². The summed E-state index contributed by atoms with van der Waals surface area (Å²) in [7, 11) is 0. The molecule has 1 aliphatic heterocycles. The van der Waals surface area contributed by atoms with E-state index in [0.29, 0.717) is 27.9 Å². The molecule has 0 amide bonds. The van der Waals surface area contributed by atoms with E-state index in [4.69, 9.17) is 34.8 Å². The molecule has 2 nitrogen and oxygen atoms in total. The third-order valence-electron chi connectivity index (χ3n) is 6.56. The van der Waals surface area contributed by atoms with E-state index in [1.54, 1.807) is 6.07 Å². The molecule has 1 heterocycles. The van der Waals surface area contributed by atoms with E-state index in [1.165, 1.54) is 0 Å². The predicted octanol–water partition coefficient (Wildman–Crippen LogP) is 7.63. The number of hydrogen-bond acceptors (Lipinski definition) is 2. The number of nitrogens with zero attached hydrogens (tertiary/aromatic N) is 2. The van der Waals surface area contributed by atoms with Gasteiger partial charge in [0.05, 0.1) is 22.7 Å². The molecule has 0 radical (unpaired) electrons. The summed E-state index contributed by atoms with van der Waals surface area (Å²) >= 11 is 18.7. The van der Waals surface area contributed by atoms with Crippen LogP contribution >= 0.6 is 34.8 Å². The number of anilines is 1. The summed E-state index contributed by atoms with van der Waals surface area (Å²) in [6, 6.07) is 13.4. The summed E-state index contributed by atoms with van der Waals surface area (Å²) in [5.74, 6) is -1.16. The molecule has 1 atom stereocenters. The highest BCUT2D eigenvalue weighted by Crippen LogP contribution is 2.41. The number of alkyl halides is 3. The third-order valence-corrected chi connectivity index (χ3v) is 7.35. The fourth-order valence-electron chi connectivity index (χ4n) is 4.88. The molecule has 1 aliphatic carbocycles. The number of rotatable bonds is 3. The summed E-state index contributed by atoms with van der Waals surface area (Å²) in [6.45, 7) is 2.24. The fraction of sp³-hybridized carbons (Fsp3) is 0.478. The molecule has 2 aromatic rings. The van der Waals surface area contributed by atoms with Crippen LogP contribution in [0.15, 0.2) is 42.5 Å². The van der Waals surface area contributed by atoms with Crippen molar-refractivity contribution < 1.29 is 13.2 Å². The minimum Gasteiger partial charge on any atom is -0.361 e. The summed E-state index contributed by atoms with van der Waals surface area (Å²) in [5.41, 5.74) is 2.01. The first-order valence-electron chi connectivity index (χ1n) is 10.5. The van der Waals surface area contributed by atoms with Crippen LogP contribution in [0.25, 0.3) is 0 Å². The molecule has 1 unspecified atom stereocenters. The van der Waals surface area contributed by atoms with Gasteiger partial charge >= 0.3 is 6.18 Å². The molecule has 0 spiro atoms. The van der Waals surface area contributed by atoms with Crippen molar-refractivity contribution in [3.8, 4) is 0 Å². The number of piperazine rings is 1. The Bertz CT molecular complexity index is 896. The highest BCUT2D eigenvalue weighted by atomic mass is 35.5. The van der Waals surface area contributed by atoms with Crippen LogP contribution in [0.2, 0.25) is 15.1 Å². The van der Waals surface area contributed by atoms with E-state index in [1.807, 2.05) is 36.4 Å². The molecular weight excluding hydrogens is 468 g/mol. The quantitative estimate of drug-likeness (QED) is 0.435. The van der Waals surface area contributed by atoms with Crippen LogP contribution < -0.4 is 4.90 Å². The Balaban J connectivity index is 1.55. The maximum Gasteiger partial charge on any atom is 0.391 e. The van der Waals surface area contributed by atoms with Gasteiger partial charge in [0.1, 0.15) is 0 Å². The molecule has 2 fully saturated rings. The van der Waals surface area contributed by atoms with Gasteiger partial charge in [0.25, 0.3) is 0 Å². The lowest BCUT2D eigenvalue weighted by Crippen LogP contribution is -2.53. The molecule has 168 valence electrons. The molecule has 2 aliphatic rings. The lowest BCUT2D eigenvalue weighted by atomic mass is 9.84. The second kappa shape index (κ2) is 9.38. The van der Waals surface area contributed by atoms with Gasteiger partial charge in [0.2, 0.25) is 0 Å². The lowest BCUT2D eigenvalue weighted by Gasteiger charge is -2.47. The standard InChI is InChI=1S/C23H24Cl3F3N2/c24-17-5-1-15(2-6-17)22-14-30(19-8-3-16(4-9-19)23(27,28)29)11-12-31(22)21-10-7-18(25)13-20(21)26/h1-2,5-7,10,13,16,19,22H,3-4,8-9,11-12,14H2. The van der Waals surface area contributed by atoms with Crippen molar-refractivity contribution in [3.05, 3.63) is 63.1 Å². The summed E-state index contributed by atoms with van der Waals surface area (Å²) in [6.07, 6.45) is -2.49. The van der Waals surface area contributed by atoms with Crippen LogP contribution in [0.4, 0.5) is 18.9 Å². The maximum absolute atomic E-state index is 13.1. The maximum atomic E-state index is 13.1. The number of benzene rings is 2. The first kappa shape index (κ1) is 23.0. The largest absolute Gasteiger partial charge is 0.391 e. The van der Waals surface area contributed by atoms with Crippen molar-refractivity contribution in [1.82, 2.24) is 4.90 Å². The van der Waals surface area contributed by atoms with Crippen LogP contribution in [0.5, 0.6) is 0 Å². The summed E-state index contributed by atoms with van der Waals surface area (Å²) < 4.78 is 39.2. The molecule has 31 heavy (non-hydrogen) atoms. The van der Waals surface area contributed by atoms with E-state index in [0.717, 1.165) is 30.9 Å². The predicted molar refractivity (Wildman–Crippen MR) is 121 cm³/mol. The zero-order valence-electron chi connectivity index (χ0n) is 16.9. The molecule has 4 rings (SSSR count). The van der Waals surface area contributed by atoms with Gasteiger partial charge in [-0.05, 0) is 61.6 Å². The van der Waals surface area contributed by atoms with Gasteiger partial charge in [-0.3, -0.25) is 4.90 Å². The number of halogens is 6. The Morgan fingerprint density at radius 1 is 0.806 bits per heavy atom. The van der Waals surface area contributed by atoms with Crippen LogP contribution in [0, 0.1) is 5.92 Å². The SMILES string of the molecule is FC(F)(F)C1CCC(N2CCN(c3ccc(Cl)cc3Cl)C(c3ccc(Cl)cc3)C2)CC1. The van der Waals surface area contributed by atoms with E-state index in [2.05, 4.69) is 9.80 Å². The van der Waals surface area contributed by atoms with Crippen LogP contribution in [0.1, 0.15) is 37.3 Å². The van der Waals surface area contributed by atoms with Gasteiger partial charge in [-0.25, -0.2) is 0 Å². The van der Waals surface area contributed by atoms with Gasteiger partial charge < -0.3 is 4.90 Å². The minimum absolute atomic E-state index is 0.0185. The number of hydrogen-bond donors (Lipinski definition) is 0. The molecule has 1 saturated heterocycles. The Labute approximate surface area is 195 Å². The van der Waals surface area contributed by atoms with Crippen molar-refractivity contribution in [1.29, 1.82) is 0 Å². The summed E-state index contributed by atoms with van der Waals surface area (Å²) in [5, 5.41) is 1.83. The molecule has 0 N–H and O–H groups in total. The Hall–Kier alpha value is -1.14. The van der Waals surface area contributed by atoms with Crippen molar-refractivity contribution >= 4 is 40.5 Å². The third kappa shape index (κ3) is 5.27. The van der Waals surface area contributed by atoms with E-state index >= 15 is 0 Å². The van der Waals surface area contributed by atoms with Gasteiger partial charge in [0, 0.05) is 35.7 Å². The smallest absolute Gasteiger partial charge is 0.361 e. The monoisotopic (exact) mass is 490 g/mol. The Kier molecular flexibility index (Phi) is 6.97. The topological polar surface area (TPSA) is 6.48 Å². The molecule has 0 aromatic heterocycles. The zero-order valence-corrected chi connectivity index (χ0v) is 19.2. The second-order valence-corrected chi connectivity index (χ2v) is 9.68. The molecular formula is C23H24Cl3F3N2. The second-order valence-electron chi connectivity index (χ2n) is 8.40. The highest BCUT2D eigenvalue weighted by molar-refractivity contribution is 6.36. The van der Waals surface area contributed by atoms with Crippen molar-refractivity contribution in [2.45, 2.75) is 43.9 Å². The van der Waals surface area contributed by atoms with Crippen LogP contribution in [-0.4, -0.2) is 36.8 Å². The lowest BCUT2D eigenvalue weighted by molar-refractivity contribution is -0.184. The minimum atomic E-state index is -4.08. The highest BCUT2D eigenvalue weighted by Gasteiger charge is 2.43. The Morgan fingerprint density at radius 3 is 2.06 bits per heavy atom. The average Bonchev–Trinajstić information content (AvgIpc) is 2.74. The molecule has 0 bridgehead atoms. The molecule has 2 aromatic carbocycles. The average molecular weight is 492 g/mol. The van der Waals surface area contributed by atoms with E-state index < -0.39 is 12.1 Å². The van der Waals surface area contributed by atoms with Crippen molar-refractivity contribution in [3.63, 3.8) is 0 Å². The first-order valence-corrected chi connectivity index (χ1v) is 11.6. The van der Waals surface area contributed by atoms with Crippen LogP contribution in [-0.2, 0) is 0 Å². The van der Waals surface area contributed by atoms with Gasteiger partial charge in [0.15, 0.2) is 0 Å². The summed E-state index contributed by atoms with van der Waals surface area (Å²) in [4.78, 5) is 4.62. The van der Waals surface area contributed by atoms with Gasteiger partial charge in [-0.1, -0.05) is 46.9 Å². The normalized spacial score (nSPS) is 25.6. The van der Waals surface area contributed by atoms with Crippen LogP contribution in [0.3, 0.4) is 0 Å². The molecule has 8 heteroatoms. The van der Waals surface area contributed by atoms with Gasteiger partial charge in [-0.15, -0.1) is 0 Å². The fourth-order valence-corrected chi connectivity index (χ4v) is 5.52. The zero-order chi connectivity index (χ0) is 22.2. The van der Waals surface area contributed by atoms with E-state index in [-0.39, 0.29) is 24.9 Å². The van der Waals surface area contributed by atoms with Crippen molar-refractivity contribution in [2.24, 2.45) is 5.92 Å². The van der Waals surface area contributed by atoms with Crippen molar-refractivity contribution in [2.75, 3.05) is 24.5 Å². The molecule has 1 saturated carbocycles.